The molecule has 5 nitrogen and oxygen atoms in total. The first-order valence-corrected chi connectivity index (χ1v) is 9.86. The average molecular weight is 360 g/mol. The van der Waals surface area contributed by atoms with Crippen LogP contribution < -0.4 is 10.6 Å². The van der Waals surface area contributed by atoms with Crippen molar-refractivity contribution in [1.29, 1.82) is 0 Å². The van der Waals surface area contributed by atoms with E-state index in [1.165, 1.54) is 17.5 Å². The summed E-state index contributed by atoms with van der Waals surface area (Å²) in [5, 5.41) is 6.02. The van der Waals surface area contributed by atoms with Crippen molar-refractivity contribution in [3.05, 3.63) is 29.3 Å². The van der Waals surface area contributed by atoms with Gasteiger partial charge in [-0.1, -0.05) is 25.8 Å². The van der Waals surface area contributed by atoms with Gasteiger partial charge < -0.3 is 10.6 Å². The van der Waals surface area contributed by atoms with E-state index >= 15 is 0 Å². The molecule has 1 saturated heterocycles. The third-order valence-corrected chi connectivity index (χ3v) is 5.20. The van der Waals surface area contributed by atoms with Crippen LogP contribution in [0, 0.1) is 19.8 Å². The van der Waals surface area contributed by atoms with E-state index in [2.05, 4.69) is 29.4 Å². The minimum absolute atomic E-state index is 0.00993. The Morgan fingerprint density at radius 2 is 1.85 bits per heavy atom. The minimum atomic E-state index is 0.00993. The monoisotopic (exact) mass is 359 g/mol. The fraction of sp³-hybridized carbons (Fsp3) is 0.619. The first-order chi connectivity index (χ1) is 12.5. The summed E-state index contributed by atoms with van der Waals surface area (Å²) >= 11 is 0. The Bertz CT molecular complexity index is 607. The number of rotatable bonds is 8. The SMILES string of the molecule is CCCCCNC(=O)C1CCN(CC(=O)Nc2ccc(C)c(C)c2)CC1. The van der Waals surface area contributed by atoms with Gasteiger partial charge in [-0.3, -0.25) is 14.5 Å². The van der Waals surface area contributed by atoms with Gasteiger partial charge in [0.15, 0.2) is 0 Å². The van der Waals surface area contributed by atoms with Gasteiger partial charge in [0, 0.05) is 18.2 Å². The molecular formula is C21H33N3O2. The largest absolute Gasteiger partial charge is 0.356 e. The average Bonchev–Trinajstić information content (AvgIpc) is 2.62. The number of hydrogen-bond acceptors (Lipinski definition) is 3. The van der Waals surface area contributed by atoms with Crippen LogP contribution in [0.3, 0.4) is 0 Å². The molecule has 0 aromatic heterocycles. The van der Waals surface area contributed by atoms with Crippen molar-refractivity contribution in [2.75, 3.05) is 31.5 Å². The molecule has 1 aliphatic rings. The quantitative estimate of drug-likeness (QED) is 0.701. The highest BCUT2D eigenvalue weighted by molar-refractivity contribution is 5.92. The zero-order valence-corrected chi connectivity index (χ0v) is 16.4. The van der Waals surface area contributed by atoms with Crippen LogP contribution in [-0.2, 0) is 9.59 Å². The van der Waals surface area contributed by atoms with Crippen LogP contribution >= 0.6 is 0 Å². The Morgan fingerprint density at radius 1 is 1.12 bits per heavy atom. The molecule has 0 saturated carbocycles. The molecule has 2 rings (SSSR count). The minimum Gasteiger partial charge on any atom is -0.356 e. The number of piperidine rings is 1. The van der Waals surface area contributed by atoms with Gasteiger partial charge in [-0.2, -0.15) is 0 Å². The molecule has 2 amide bonds. The lowest BCUT2D eigenvalue weighted by Crippen LogP contribution is -2.43. The zero-order chi connectivity index (χ0) is 18.9. The third-order valence-electron chi connectivity index (χ3n) is 5.20. The number of nitrogens with zero attached hydrogens (tertiary/aromatic N) is 1. The molecular weight excluding hydrogens is 326 g/mol. The van der Waals surface area contributed by atoms with E-state index in [4.69, 9.17) is 0 Å². The molecule has 0 radical (unpaired) electrons. The van der Waals surface area contributed by atoms with Gasteiger partial charge in [0.2, 0.25) is 11.8 Å². The molecule has 5 heteroatoms. The Kier molecular flexibility index (Phi) is 8.10. The number of carbonyl (C=O) groups excluding carboxylic acids is 2. The van der Waals surface area contributed by atoms with Gasteiger partial charge in [-0.25, -0.2) is 0 Å². The molecule has 0 bridgehead atoms. The maximum absolute atomic E-state index is 12.3. The Balaban J connectivity index is 1.70. The van der Waals surface area contributed by atoms with Crippen LogP contribution in [0.15, 0.2) is 18.2 Å². The standard InChI is InChI=1S/C21H33N3O2/c1-4-5-6-11-22-21(26)18-9-12-24(13-10-18)15-20(25)23-19-8-7-16(2)17(3)14-19/h7-8,14,18H,4-6,9-13,15H2,1-3H3,(H,22,26)(H,23,25). The molecule has 1 heterocycles. The summed E-state index contributed by atoms with van der Waals surface area (Å²) in [6.07, 6.45) is 5.04. The van der Waals surface area contributed by atoms with Crippen molar-refractivity contribution in [2.45, 2.75) is 52.9 Å². The first-order valence-electron chi connectivity index (χ1n) is 9.86. The van der Waals surface area contributed by atoms with Gasteiger partial charge in [-0.15, -0.1) is 0 Å². The van der Waals surface area contributed by atoms with Crippen molar-refractivity contribution in [3.8, 4) is 0 Å². The number of carbonyl (C=O) groups is 2. The summed E-state index contributed by atoms with van der Waals surface area (Å²) in [5.74, 6) is 0.284. The van der Waals surface area contributed by atoms with Crippen LogP contribution in [0.4, 0.5) is 5.69 Å². The van der Waals surface area contributed by atoms with E-state index in [-0.39, 0.29) is 17.7 Å². The van der Waals surface area contributed by atoms with Gasteiger partial charge in [-0.05, 0) is 69.5 Å². The second kappa shape index (κ2) is 10.3. The van der Waals surface area contributed by atoms with Crippen LogP contribution in [0.2, 0.25) is 0 Å². The molecule has 1 aromatic carbocycles. The predicted octanol–water partition coefficient (Wildman–Crippen LogP) is 3.26. The number of nitrogens with one attached hydrogen (secondary N) is 2. The van der Waals surface area contributed by atoms with Crippen molar-refractivity contribution in [3.63, 3.8) is 0 Å². The van der Waals surface area contributed by atoms with Gasteiger partial charge in [0.25, 0.3) is 0 Å². The summed E-state index contributed by atoms with van der Waals surface area (Å²) < 4.78 is 0. The molecule has 1 fully saturated rings. The van der Waals surface area contributed by atoms with Gasteiger partial charge in [0.1, 0.15) is 0 Å². The van der Waals surface area contributed by atoms with E-state index in [0.717, 1.165) is 51.0 Å². The second-order valence-electron chi connectivity index (χ2n) is 7.40. The molecule has 0 aliphatic carbocycles. The highest BCUT2D eigenvalue weighted by atomic mass is 16.2. The topological polar surface area (TPSA) is 61.4 Å². The smallest absolute Gasteiger partial charge is 0.238 e. The molecule has 2 N–H and O–H groups in total. The zero-order valence-electron chi connectivity index (χ0n) is 16.4. The van der Waals surface area contributed by atoms with E-state index in [1.54, 1.807) is 0 Å². The number of unbranched alkanes of at least 4 members (excludes halogenated alkanes) is 2. The lowest BCUT2D eigenvalue weighted by atomic mass is 9.96. The number of likely N-dealkylation sites (tertiary alicyclic amines) is 1. The number of aryl methyl sites for hydroxylation is 2. The van der Waals surface area contributed by atoms with E-state index in [1.807, 2.05) is 25.1 Å². The highest BCUT2D eigenvalue weighted by Crippen LogP contribution is 2.18. The summed E-state index contributed by atoms with van der Waals surface area (Å²) in [5.41, 5.74) is 3.24. The fourth-order valence-electron chi connectivity index (χ4n) is 3.31. The molecule has 0 atom stereocenters. The van der Waals surface area contributed by atoms with Crippen LogP contribution in [0.25, 0.3) is 0 Å². The highest BCUT2D eigenvalue weighted by Gasteiger charge is 2.25. The Hall–Kier alpha value is -1.88. The van der Waals surface area contributed by atoms with Gasteiger partial charge >= 0.3 is 0 Å². The normalized spacial score (nSPS) is 15.7. The van der Waals surface area contributed by atoms with E-state index in [0.29, 0.717) is 6.54 Å². The maximum Gasteiger partial charge on any atom is 0.238 e. The number of anilines is 1. The number of amides is 2. The fourth-order valence-corrected chi connectivity index (χ4v) is 3.31. The number of benzene rings is 1. The van der Waals surface area contributed by atoms with Crippen LogP contribution in [-0.4, -0.2) is 42.9 Å². The molecule has 26 heavy (non-hydrogen) atoms. The second-order valence-corrected chi connectivity index (χ2v) is 7.40. The van der Waals surface area contributed by atoms with Crippen molar-refractivity contribution in [2.24, 2.45) is 5.92 Å². The van der Waals surface area contributed by atoms with E-state index in [9.17, 15) is 9.59 Å². The lowest BCUT2D eigenvalue weighted by molar-refractivity contribution is -0.126. The summed E-state index contributed by atoms with van der Waals surface area (Å²) in [6, 6.07) is 5.97. The maximum atomic E-state index is 12.3. The van der Waals surface area contributed by atoms with Crippen LogP contribution in [0.5, 0.6) is 0 Å². The Morgan fingerprint density at radius 3 is 2.50 bits per heavy atom. The van der Waals surface area contributed by atoms with Crippen LogP contribution in [0.1, 0.15) is 50.2 Å². The van der Waals surface area contributed by atoms with Crippen molar-refractivity contribution in [1.82, 2.24) is 10.2 Å². The molecule has 0 spiro atoms. The summed E-state index contributed by atoms with van der Waals surface area (Å²) in [6.45, 7) is 9.03. The van der Waals surface area contributed by atoms with E-state index < -0.39 is 0 Å². The lowest BCUT2D eigenvalue weighted by Gasteiger charge is -2.30. The Labute approximate surface area is 157 Å². The predicted molar refractivity (Wildman–Crippen MR) is 106 cm³/mol. The summed E-state index contributed by atoms with van der Waals surface area (Å²) in [4.78, 5) is 26.6. The third kappa shape index (κ3) is 6.45. The van der Waals surface area contributed by atoms with Crippen molar-refractivity contribution < 1.29 is 9.59 Å². The first kappa shape index (κ1) is 20.4. The van der Waals surface area contributed by atoms with Crippen molar-refractivity contribution >= 4 is 17.5 Å². The molecule has 0 unspecified atom stereocenters. The molecule has 144 valence electrons. The number of hydrogen-bond donors (Lipinski definition) is 2. The molecule has 1 aliphatic heterocycles. The summed E-state index contributed by atoms with van der Waals surface area (Å²) in [7, 11) is 0. The van der Waals surface area contributed by atoms with Gasteiger partial charge in [0.05, 0.1) is 6.54 Å². The molecule has 1 aromatic rings.